The SMILES string of the molecule is NCC(c1ccccc1Cl)C(O)c1cccc(F)c1Cl. The van der Waals surface area contributed by atoms with Gasteiger partial charge < -0.3 is 10.8 Å². The molecule has 2 aromatic rings. The predicted molar refractivity (Wildman–Crippen MR) is 79.6 cm³/mol. The van der Waals surface area contributed by atoms with Gasteiger partial charge in [0.25, 0.3) is 0 Å². The number of benzene rings is 2. The second kappa shape index (κ2) is 6.55. The summed E-state index contributed by atoms with van der Waals surface area (Å²) in [6.45, 7) is 0.164. The molecule has 0 bridgehead atoms. The Bertz CT molecular complexity index is 606. The minimum atomic E-state index is -1.02. The van der Waals surface area contributed by atoms with Crippen LogP contribution in [0.25, 0.3) is 0 Å². The molecule has 0 saturated heterocycles. The van der Waals surface area contributed by atoms with E-state index in [0.717, 1.165) is 0 Å². The van der Waals surface area contributed by atoms with Crippen LogP contribution in [0.3, 0.4) is 0 Å². The fourth-order valence-corrected chi connectivity index (χ4v) is 2.68. The highest BCUT2D eigenvalue weighted by Gasteiger charge is 2.25. The molecule has 2 nitrogen and oxygen atoms in total. The molecular weight excluding hydrogens is 300 g/mol. The standard InChI is InChI=1S/C15H14Cl2FNO/c16-12-6-2-1-4-9(12)11(8-19)15(20)10-5-3-7-13(18)14(10)17/h1-7,11,15,20H,8,19H2. The molecule has 2 aromatic carbocycles. The van der Waals surface area contributed by atoms with Crippen LogP contribution >= 0.6 is 23.2 Å². The summed E-state index contributed by atoms with van der Waals surface area (Å²) in [6, 6.07) is 11.4. The smallest absolute Gasteiger partial charge is 0.142 e. The maximum atomic E-state index is 13.5. The largest absolute Gasteiger partial charge is 0.388 e. The van der Waals surface area contributed by atoms with E-state index in [0.29, 0.717) is 16.1 Å². The Morgan fingerprint density at radius 1 is 1.05 bits per heavy atom. The normalized spacial score (nSPS) is 14.1. The van der Waals surface area contributed by atoms with E-state index >= 15 is 0 Å². The minimum absolute atomic E-state index is 0.0921. The van der Waals surface area contributed by atoms with Crippen LogP contribution in [0.1, 0.15) is 23.1 Å². The van der Waals surface area contributed by atoms with Crippen molar-refractivity contribution in [1.82, 2.24) is 0 Å². The lowest BCUT2D eigenvalue weighted by Gasteiger charge is -2.24. The lowest BCUT2D eigenvalue weighted by atomic mass is 9.89. The van der Waals surface area contributed by atoms with Crippen LogP contribution in [0.15, 0.2) is 42.5 Å². The van der Waals surface area contributed by atoms with Crippen LogP contribution in [0.2, 0.25) is 10.0 Å². The Hall–Kier alpha value is -1.13. The average molecular weight is 314 g/mol. The van der Waals surface area contributed by atoms with Crippen molar-refractivity contribution in [3.05, 3.63) is 69.5 Å². The molecule has 0 radical (unpaired) electrons. The summed E-state index contributed by atoms with van der Waals surface area (Å²) in [4.78, 5) is 0. The second-order valence-electron chi connectivity index (χ2n) is 4.45. The predicted octanol–water partition coefficient (Wildman–Crippen LogP) is 3.91. The number of aliphatic hydroxyl groups is 1. The molecule has 0 fully saturated rings. The van der Waals surface area contributed by atoms with Crippen molar-refractivity contribution in [2.75, 3.05) is 6.54 Å². The highest BCUT2D eigenvalue weighted by Crippen LogP contribution is 2.37. The summed E-state index contributed by atoms with van der Waals surface area (Å²) in [6.07, 6.45) is -1.02. The van der Waals surface area contributed by atoms with Crippen LogP contribution in [0.5, 0.6) is 0 Å². The van der Waals surface area contributed by atoms with Crippen LogP contribution in [0.4, 0.5) is 4.39 Å². The van der Waals surface area contributed by atoms with Gasteiger partial charge in [-0.1, -0.05) is 53.5 Å². The van der Waals surface area contributed by atoms with Gasteiger partial charge in [-0.15, -0.1) is 0 Å². The molecule has 0 aromatic heterocycles. The van der Waals surface area contributed by atoms with Crippen molar-refractivity contribution in [2.24, 2.45) is 5.73 Å². The van der Waals surface area contributed by atoms with Gasteiger partial charge >= 0.3 is 0 Å². The lowest BCUT2D eigenvalue weighted by Crippen LogP contribution is -2.21. The highest BCUT2D eigenvalue weighted by atomic mass is 35.5. The molecule has 2 atom stereocenters. The van der Waals surface area contributed by atoms with Gasteiger partial charge in [-0.2, -0.15) is 0 Å². The van der Waals surface area contributed by atoms with E-state index in [1.54, 1.807) is 24.3 Å². The molecule has 0 amide bonds. The van der Waals surface area contributed by atoms with Crippen molar-refractivity contribution >= 4 is 23.2 Å². The maximum absolute atomic E-state index is 13.5. The molecule has 0 aliphatic carbocycles. The summed E-state index contributed by atoms with van der Waals surface area (Å²) in [5.74, 6) is -1.03. The Morgan fingerprint density at radius 2 is 1.70 bits per heavy atom. The lowest BCUT2D eigenvalue weighted by molar-refractivity contribution is 0.147. The number of rotatable bonds is 4. The molecule has 0 heterocycles. The van der Waals surface area contributed by atoms with E-state index in [9.17, 15) is 9.50 Å². The van der Waals surface area contributed by atoms with Gasteiger partial charge in [-0.25, -0.2) is 4.39 Å². The zero-order valence-electron chi connectivity index (χ0n) is 10.6. The first-order chi connectivity index (χ1) is 9.56. The summed E-state index contributed by atoms with van der Waals surface area (Å²) in [7, 11) is 0. The van der Waals surface area contributed by atoms with Gasteiger partial charge in [0.1, 0.15) is 5.82 Å². The number of hydrogen-bond acceptors (Lipinski definition) is 2. The van der Waals surface area contributed by atoms with E-state index in [1.807, 2.05) is 6.07 Å². The minimum Gasteiger partial charge on any atom is -0.388 e. The molecular formula is C15H14Cl2FNO. The number of hydrogen-bond donors (Lipinski definition) is 2. The van der Waals surface area contributed by atoms with Crippen molar-refractivity contribution in [3.63, 3.8) is 0 Å². The third kappa shape index (κ3) is 2.96. The quantitative estimate of drug-likeness (QED) is 0.899. The van der Waals surface area contributed by atoms with E-state index < -0.39 is 17.8 Å². The van der Waals surface area contributed by atoms with Crippen LogP contribution in [0, 0.1) is 5.82 Å². The molecule has 20 heavy (non-hydrogen) atoms. The number of nitrogens with two attached hydrogens (primary N) is 1. The number of aliphatic hydroxyl groups excluding tert-OH is 1. The van der Waals surface area contributed by atoms with E-state index in [-0.39, 0.29) is 11.6 Å². The fraction of sp³-hybridized carbons (Fsp3) is 0.200. The Morgan fingerprint density at radius 3 is 2.35 bits per heavy atom. The van der Waals surface area contributed by atoms with E-state index in [2.05, 4.69) is 0 Å². The second-order valence-corrected chi connectivity index (χ2v) is 5.24. The highest BCUT2D eigenvalue weighted by molar-refractivity contribution is 6.32. The molecule has 3 N–H and O–H groups in total. The molecule has 2 unspecified atom stereocenters. The van der Waals surface area contributed by atoms with Crippen molar-refractivity contribution in [1.29, 1.82) is 0 Å². The Labute approximate surface area is 126 Å². The summed E-state index contributed by atoms with van der Waals surface area (Å²) in [5, 5.41) is 10.9. The van der Waals surface area contributed by atoms with Crippen LogP contribution in [-0.4, -0.2) is 11.7 Å². The van der Waals surface area contributed by atoms with E-state index in [1.165, 1.54) is 12.1 Å². The van der Waals surface area contributed by atoms with Crippen molar-refractivity contribution < 1.29 is 9.50 Å². The third-order valence-corrected chi connectivity index (χ3v) is 3.98. The molecule has 106 valence electrons. The zero-order chi connectivity index (χ0) is 14.7. The monoisotopic (exact) mass is 313 g/mol. The molecule has 0 saturated carbocycles. The van der Waals surface area contributed by atoms with Gasteiger partial charge in [-0.3, -0.25) is 0 Å². The summed E-state index contributed by atoms with van der Waals surface area (Å²) in [5.41, 5.74) is 6.76. The molecule has 2 rings (SSSR count). The molecule has 0 spiro atoms. The van der Waals surface area contributed by atoms with Gasteiger partial charge in [0.2, 0.25) is 0 Å². The molecule has 0 aliphatic rings. The van der Waals surface area contributed by atoms with Gasteiger partial charge in [0.15, 0.2) is 0 Å². The third-order valence-electron chi connectivity index (χ3n) is 3.24. The van der Waals surface area contributed by atoms with Crippen molar-refractivity contribution in [3.8, 4) is 0 Å². The first-order valence-electron chi connectivity index (χ1n) is 6.12. The zero-order valence-corrected chi connectivity index (χ0v) is 12.1. The number of halogens is 3. The summed E-state index contributed by atoms with van der Waals surface area (Å²) >= 11 is 12.0. The van der Waals surface area contributed by atoms with Gasteiger partial charge in [0, 0.05) is 23.0 Å². The Balaban J connectivity index is 2.42. The maximum Gasteiger partial charge on any atom is 0.142 e. The first-order valence-corrected chi connectivity index (χ1v) is 6.88. The van der Waals surface area contributed by atoms with E-state index in [4.69, 9.17) is 28.9 Å². The van der Waals surface area contributed by atoms with Gasteiger partial charge in [-0.05, 0) is 17.7 Å². The topological polar surface area (TPSA) is 46.2 Å². The van der Waals surface area contributed by atoms with Crippen molar-refractivity contribution in [2.45, 2.75) is 12.0 Å². The fourth-order valence-electron chi connectivity index (χ4n) is 2.17. The first kappa shape index (κ1) is 15.3. The molecule has 5 heteroatoms. The van der Waals surface area contributed by atoms with Crippen LogP contribution in [-0.2, 0) is 0 Å². The molecule has 0 aliphatic heterocycles. The average Bonchev–Trinajstić information content (AvgIpc) is 2.44. The Kier molecular flexibility index (Phi) is 5.00. The van der Waals surface area contributed by atoms with Crippen LogP contribution < -0.4 is 5.73 Å². The summed E-state index contributed by atoms with van der Waals surface area (Å²) < 4.78 is 13.5. The van der Waals surface area contributed by atoms with Gasteiger partial charge in [0.05, 0.1) is 11.1 Å².